The van der Waals surface area contributed by atoms with E-state index >= 15 is 0 Å². The molecule has 4 aromatic carbocycles. The van der Waals surface area contributed by atoms with Crippen molar-refractivity contribution in [2.75, 3.05) is 0 Å². The molecule has 0 saturated heterocycles. The third kappa shape index (κ3) is 1.44. The Bertz CT molecular complexity index is 887. The molecule has 0 unspecified atom stereocenters. The maximum Gasteiger partial charge on any atom is 0.114 e. The van der Waals surface area contributed by atoms with Gasteiger partial charge in [-0.3, -0.25) is 0 Å². The molecule has 0 amide bonds. The standard InChI is InChI=1S/C19H13B/c1-12-6-4-9-15-13-7-2-3-8-14(13)16-10-5-11-17(20)19(16)18(12)15/h2-11H,1H3. The lowest BCUT2D eigenvalue weighted by atomic mass is 9.84. The highest BCUT2D eigenvalue weighted by molar-refractivity contribution is 6.44. The fraction of sp³-hybridized carbons (Fsp3) is 0.0526. The second kappa shape index (κ2) is 4.11. The Kier molecular flexibility index (Phi) is 2.37. The molecule has 0 saturated carbocycles. The van der Waals surface area contributed by atoms with E-state index in [2.05, 4.69) is 55.5 Å². The molecule has 0 N–H and O–H groups in total. The van der Waals surface area contributed by atoms with Crippen molar-refractivity contribution < 1.29 is 0 Å². The van der Waals surface area contributed by atoms with Crippen molar-refractivity contribution in [3.63, 3.8) is 0 Å². The Balaban J connectivity index is 2.49. The number of aryl methyl sites for hydroxylation is 1. The van der Waals surface area contributed by atoms with Crippen LogP contribution < -0.4 is 5.46 Å². The molecule has 20 heavy (non-hydrogen) atoms. The van der Waals surface area contributed by atoms with Crippen molar-refractivity contribution in [1.82, 2.24) is 0 Å². The maximum absolute atomic E-state index is 6.28. The highest BCUT2D eigenvalue weighted by Gasteiger charge is 2.10. The van der Waals surface area contributed by atoms with Crippen LogP contribution in [0.25, 0.3) is 32.3 Å². The summed E-state index contributed by atoms with van der Waals surface area (Å²) in [5.41, 5.74) is 2.13. The largest absolute Gasteiger partial charge is 0.114 e. The van der Waals surface area contributed by atoms with Crippen molar-refractivity contribution in [2.45, 2.75) is 6.92 Å². The van der Waals surface area contributed by atoms with Crippen molar-refractivity contribution in [3.8, 4) is 0 Å². The van der Waals surface area contributed by atoms with E-state index in [1.54, 1.807) is 0 Å². The Hall–Kier alpha value is -2.28. The Morgan fingerprint density at radius 1 is 0.600 bits per heavy atom. The average molecular weight is 252 g/mol. The molecule has 4 aromatic rings. The van der Waals surface area contributed by atoms with Gasteiger partial charge in [0.05, 0.1) is 0 Å². The Morgan fingerprint density at radius 3 is 1.85 bits per heavy atom. The van der Waals surface area contributed by atoms with Crippen LogP contribution in [0.4, 0.5) is 0 Å². The molecule has 0 spiro atoms. The molecule has 92 valence electrons. The van der Waals surface area contributed by atoms with Crippen molar-refractivity contribution in [1.29, 1.82) is 0 Å². The van der Waals surface area contributed by atoms with E-state index < -0.39 is 0 Å². The summed E-state index contributed by atoms with van der Waals surface area (Å²) in [6.45, 7) is 2.16. The van der Waals surface area contributed by atoms with Crippen LogP contribution >= 0.6 is 0 Å². The summed E-state index contributed by atoms with van der Waals surface area (Å²) in [4.78, 5) is 0. The molecular formula is C19H13B. The third-order valence-electron chi connectivity index (χ3n) is 4.13. The second-order valence-electron chi connectivity index (χ2n) is 5.31. The number of hydrogen-bond acceptors (Lipinski definition) is 0. The average Bonchev–Trinajstić information content (AvgIpc) is 2.48. The molecule has 0 atom stereocenters. The third-order valence-corrected chi connectivity index (χ3v) is 4.13. The first-order chi connectivity index (χ1) is 9.77. The number of rotatable bonds is 0. The van der Waals surface area contributed by atoms with Gasteiger partial charge in [0, 0.05) is 0 Å². The van der Waals surface area contributed by atoms with E-state index in [9.17, 15) is 0 Å². The molecule has 0 aromatic heterocycles. The highest BCUT2D eigenvalue weighted by Crippen LogP contribution is 2.35. The van der Waals surface area contributed by atoms with E-state index in [1.165, 1.54) is 37.9 Å². The smallest absolute Gasteiger partial charge is 0.0883 e. The van der Waals surface area contributed by atoms with Gasteiger partial charge in [0.1, 0.15) is 7.85 Å². The zero-order valence-corrected chi connectivity index (χ0v) is 11.4. The quantitative estimate of drug-likeness (QED) is 0.324. The van der Waals surface area contributed by atoms with Crippen LogP contribution in [0.2, 0.25) is 0 Å². The predicted molar refractivity (Wildman–Crippen MR) is 89.1 cm³/mol. The van der Waals surface area contributed by atoms with Crippen LogP contribution in [-0.2, 0) is 0 Å². The molecule has 0 aliphatic rings. The lowest BCUT2D eigenvalue weighted by Gasteiger charge is -2.14. The monoisotopic (exact) mass is 252 g/mol. The molecular weight excluding hydrogens is 239 g/mol. The molecule has 0 bridgehead atoms. The summed E-state index contributed by atoms with van der Waals surface area (Å²) in [6.07, 6.45) is 0. The first kappa shape index (κ1) is 11.5. The van der Waals surface area contributed by atoms with Crippen LogP contribution in [0.15, 0.2) is 60.7 Å². The zero-order valence-electron chi connectivity index (χ0n) is 11.4. The van der Waals surface area contributed by atoms with Gasteiger partial charge in [-0.25, -0.2) is 0 Å². The minimum absolute atomic E-state index is 0.854. The fourth-order valence-electron chi connectivity index (χ4n) is 3.25. The predicted octanol–water partition coefficient (Wildman–Crippen LogP) is 4.25. The number of hydrogen-bond donors (Lipinski definition) is 0. The van der Waals surface area contributed by atoms with Gasteiger partial charge in [0.25, 0.3) is 0 Å². The lowest BCUT2D eigenvalue weighted by Crippen LogP contribution is -2.04. The van der Waals surface area contributed by atoms with E-state index in [0.29, 0.717) is 0 Å². The number of benzene rings is 4. The summed E-state index contributed by atoms with van der Waals surface area (Å²) < 4.78 is 0. The second-order valence-corrected chi connectivity index (χ2v) is 5.31. The molecule has 0 aliphatic carbocycles. The van der Waals surface area contributed by atoms with E-state index in [4.69, 9.17) is 7.85 Å². The van der Waals surface area contributed by atoms with Crippen LogP contribution in [-0.4, -0.2) is 7.85 Å². The van der Waals surface area contributed by atoms with Crippen LogP contribution in [0.3, 0.4) is 0 Å². The van der Waals surface area contributed by atoms with Crippen LogP contribution in [0.5, 0.6) is 0 Å². The van der Waals surface area contributed by atoms with Gasteiger partial charge in [0.15, 0.2) is 0 Å². The van der Waals surface area contributed by atoms with Gasteiger partial charge in [-0.2, -0.15) is 0 Å². The Morgan fingerprint density at radius 2 is 1.15 bits per heavy atom. The Labute approximate surface area is 119 Å². The van der Waals surface area contributed by atoms with Crippen molar-refractivity contribution >= 4 is 45.6 Å². The van der Waals surface area contributed by atoms with E-state index in [1.807, 2.05) is 12.1 Å². The molecule has 0 nitrogen and oxygen atoms in total. The summed E-state index contributed by atoms with van der Waals surface area (Å²) in [7, 11) is 6.28. The van der Waals surface area contributed by atoms with Crippen molar-refractivity contribution in [2.24, 2.45) is 0 Å². The van der Waals surface area contributed by atoms with Gasteiger partial charge < -0.3 is 0 Å². The van der Waals surface area contributed by atoms with Crippen molar-refractivity contribution in [3.05, 3.63) is 66.2 Å². The molecule has 1 heteroatoms. The van der Waals surface area contributed by atoms with Crippen LogP contribution in [0, 0.1) is 6.92 Å². The van der Waals surface area contributed by atoms with Gasteiger partial charge >= 0.3 is 0 Å². The fourth-order valence-corrected chi connectivity index (χ4v) is 3.25. The minimum atomic E-state index is 0.854. The van der Waals surface area contributed by atoms with Gasteiger partial charge in [-0.15, -0.1) is 0 Å². The highest BCUT2D eigenvalue weighted by atomic mass is 14.1. The van der Waals surface area contributed by atoms with Crippen LogP contribution in [0.1, 0.15) is 5.56 Å². The normalized spacial score (nSPS) is 11.4. The molecule has 2 radical (unpaired) electrons. The number of fused-ring (bicyclic) bond motifs is 6. The first-order valence-corrected chi connectivity index (χ1v) is 6.85. The molecule has 0 fully saturated rings. The summed E-state index contributed by atoms with van der Waals surface area (Å²) >= 11 is 0. The minimum Gasteiger partial charge on any atom is -0.0883 e. The lowest BCUT2D eigenvalue weighted by molar-refractivity contribution is 1.55. The maximum atomic E-state index is 6.28. The SMILES string of the molecule is [B]c1cccc2c3ccccc3c3cccc(C)c3c12. The summed E-state index contributed by atoms with van der Waals surface area (Å²) in [5.74, 6) is 0. The first-order valence-electron chi connectivity index (χ1n) is 6.85. The van der Waals surface area contributed by atoms with E-state index in [0.717, 1.165) is 5.46 Å². The van der Waals surface area contributed by atoms with Gasteiger partial charge in [-0.1, -0.05) is 66.1 Å². The van der Waals surface area contributed by atoms with Gasteiger partial charge in [-0.05, 0) is 44.8 Å². The van der Waals surface area contributed by atoms with E-state index in [-0.39, 0.29) is 0 Å². The topological polar surface area (TPSA) is 0 Å². The van der Waals surface area contributed by atoms with Gasteiger partial charge in [0.2, 0.25) is 0 Å². The zero-order chi connectivity index (χ0) is 13.7. The molecule has 4 rings (SSSR count). The molecule has 0 heterocycles. The molecule has 0 aliphatic heterocycles. The summed E-state index contributed by atoms with van der Waals surface area (Å²) in [6, 6.07) is 21.2. The summed E-state index contributed by atoms with van der Waals surface area (Å²) in [5, 5.41) is 7.55.